The molecule has 42 heavy (non-hydrogen) atoms. The van der Waals surface area contributed by atoms with Gasteiger partial charge in [-0.15, -0.1) is 0 Å². The van der Waals surface area contributed by atoms with Crippen molar-refractivity contribution in [3.63, 3.8) is 0 Å². The molecule has 0 unspecified atom stereocenters. The fourth-order valence-electron chi connectivity index (χ4n) is 5.47. The largest absolute Gasteiger partial charge is 0.464 e. The molecule has 4 aromatic rings. The van der Waals surface area contributed by atoms with Crippen LogP contribution in [0.1, 0.15) is 36.1 Å². The molecule has 214 valence electrons. The summed E-state index contributed by atoms with van der Waals surface area (Å²) in [5, 5.41) is 0. The second kappa shape index (κ2) is 12.8. The van der Waals surface area contributed by atoms with Crippen LogP contribution in [0.25, 0.3) is 5.57 Å². The highest BCUT2D eigenvalue weighted by Gasteiger charge is 2.53. The van der Waals surface area contributed by atoms with E-state index in [9.17, 15) is 9.59 Å². The molecule has 0 radical (unpaired) electrons. The summed E-state index contributed by atoms with van der Waals surface area (Å²) >= 11 is 0. The van der Waals surface area contributed by atoms with Gasteiger partial charge in [0.25, 0.3) is 0 Å². The van der Waals surface area contributed by atoms with Crippen LogP contribution in [0.3, 0.4) is 0 Å². The van der Waals surface area contributed by atoms with E-state index in [2.05, 4.69) is 0 Å². The second-order valence-corrected chi connectivity index (χ2v) is 10.2. The lowest BCUT2D eigenvalue weighted by atomic mass is 9.92. The zero-order valence-corrected chi connectivity index (χ0v) is 24.5. The van der Waals surface area contributed by atoms with Crippen molar-refractivity contribution >= 4 is 28.9 Å². The second-order valence-electron chi connectivity index (χ2n) is 10.2. The Bertz CT molecular complexity index is 1510. The molecule has 2 atom stereocenters. The van der Waals surface area contributed by atoms with E-state index >= 15 is 0 Å². The Morgan fingerprint density at radius 3 is 1.55 bits per heavy atom. The van der Waals surface area contributed by atoms with E-state index in [0.717, 1.165) is 33.5 Å². The Morgan fingerprint density at radius 1 is 0.619 bits per heavy atom. The topological polar surface area (TPSA) is 59.1 Å². The zero-order valence-electron chi connectivity index (χ0n) is 24.5. The van der Waals surface area contributed by atoms with E-state index in [-0.39, 0.29) is 13.2 Å². The number of benzene rings is 4. The molecule has 1 fully saturated rings. The lowest BCUT2D eigenvalue weighted by Crippen LogP contribution is -2.49. The molecule has 0 saturated carbocycles. The number of aryl methyl sites for hydroxylation is 2. The quantitative estimate of drug-likeness (QED) is 0.218. The SMILES string of the molecule is CCOC(=O)[C@H]1C(=C(c2ccccc2)c2ccccc2)N(c2ccc(C)cc2)[C@H](C(=O)OCC)N1c1ccc(C)cc1. The highest BCUT2D eigenvalue weighted by molar-refractivity contribution is 6.01. The van der Waals surface area contributed by atoms with Crippen LogP contribution in [0.5, 0.6) is 0 Å². The van der Waals surface area contributed by atoms with Gasteiger partial charge in [-0.25, -0.2) is 9.59 Å². The summed E-state index contributed by atoms with van der Waals surface area (Å²) in [4.78, 5) is 32.0. The van der Waals surface area contributed by atoms with Gasteiger partial charge in [-0.05, 0) is 63.1 Å². The fraction of sp³-hybridized carbons (Fsp3) is 0.222. The summed E-state index contributed by atoms with van der Waals surface area (Å²) in [7, 11) is 0. The number of hydrogen-bond acceptors (Lipinski definition) is 6. The van der Waals surface area contributed by atoms with Crippen molar-refractivity contribution < 1.29 is 19.1 Å². The van der Waals surface area contributed by atoms with Crippen LogP contribution < -0.4 is 9.80 Å². The minimum absolute atomic E-state index is 0.199. The van der Waals surface area contributed by atoms with Crippen molar-refractivity contribution in [2.24, 2.45) is 0 Å². The summed E-state index contributed by atoms with van der Waals surface area (Å²) in [5.41, 5.74) is 6.94. The number of anilines is 2. The molecule has 1 saturated heterocycles. The average molecular weight is 561 g/mol. The number of esters is 2. The van der Waals surface area contributed by atoms with Gasteiger partial charge in [-0.3, -0.25) is 0 Å². The van der Waals surface area contributed by atoms with E-state index in [0.29, 0.717) is 11.4 Å². The average Bonchev–Trinajstić information content (AvgIpc) is 3.35. The standard InChI is InChI=1S/C36H36N2O4/c1-5-41-35(39)33-32(31(27-13-9-7-10-14-27)28-15-11-8-12-16-28)37(29-21-17-25(3)18-22-29)34(36(40)42-6-2)38(33)30-23-19-26(4)20-24-30/h7-24,33-34H,5-6H2,1-4H3/t33-,34+/m1/s1. The number of carbonyl (C=O) groups excluding carboxylic acids is 2. The third-order valence-electron chi connectivity index (χ3n) is 7.34. The molecule has 5 rings (SSSR count). The first-order valence-electron chi connectivity index (χ1n) is 14.3. The number of ether oxygens (including phenoxy) is 2. The Morgan fingerprint density at radius 2 is 1.07 bits per heavy atom. The van der Waals surface area contributed by atoms with E-state index in [4.69, 9.17) is 9.47 Å². The van der Waals surface area contributed by atoms with Gasteiger partial charge in [0.15, 0.2) is 6.04 Å². The van der Waals surface area contributed by atoms with Gasteiger partial charge in [0.1, 0.15) is 0 Å². The van der Waals surface area contributed by atoms with Crippen LogP contribution in [-0.4, -0.2) is 37.4 Å². The molecule has 0 amide bonds. The number of rotatable bonds is 8. The minimum atomic E-state index is -0.970. The molecule has 0 spiro atoms. The van der Waals surface area contributed by atoms with Crippen LogP contribution in [0, 0.1) is 13.8 Å². The van der Waals surface area contributed by atoms with Crippen molar-refractivity contribution in [3.05, 3.63) is 137 Å². The summed E-state index contributed by atoms with van der Waals surface area (Å²) in [6.07, 6.45) is -0.970. The predicted octanol–water partition coefficient (Wildman–Crippen LogP) is 6.91. The predicted molar refractivity (Wildman–Crippen MR) is 167 cm³/mol. The van der Waals surface area contributed by atoms with Gasteiger partial charge in [0.05, 0.1) is 18.9 Å². The van der Waals surface area contributed by atoms with Gasteiger partial charge >= 0.3 is 11.9 Å². The van der Waals surface area contributed by atoms with E-state index in [1.54, 1.807) is 13.8 Å². The molecule has 0 N–H and O–H groups in total. The normalized spacial score (nSPS) is 16.3. The summed E-state index contributed by atoms with van der Waals surface area (Å²) in [6, 6.07) is 34.8. The first kappa shape index (κ1) is 28.7. The Hall–Kier alpha value is -4.84. The maximum atomic E-state index is 14.2. The third-order valence-corrected chi connectivity index (χ3v) is 7.34. The maximum absolute atomic E-state index is 14.2. The van der Waals surface area contributed by atoms with E-state index < -0.39 is 24.1 Å². The number of carbonyl (C=O) groups is 2. The van der Waals surface area contributed by atoms with Crippen molar-refractivity contribution in [2.75, 3.05) is 23.0 Å². The number of hydrogen-bond donors (Lipinski definition) is 0. The summed E-state index contributed by atoms with van der Waals surface area (Å²) in [6.45, 7) is 8.01. The molecule has 0 aromatic heterocycles. The van der Waals surface area contributed by atoms with Gasteiger partial charge in [0, 0.05) is 16.9 Å². The molecule has 0 bridgehead atoms. The van der Waals surface area contributed by atoms with E-state index in [1.165, 1.54) is 0 Å². The summed E-state index contributed by atoms with van der Waals surface area (Å²) in [5.74, 6) is -0.898. The Kier molecular flexibility index (Phi) is 8.72. The van der Waals surface area contributed by atoms with Crippen LogP contribution >= 0.6 is 0 Å². The van der Waals surface area contributed by atoms with Gasteiger partial charge in [-0.1, -0.05) is 96.1 Å². The minimum Gasteiger partial charge on any atom is -0.464 e. The van der Waals surface area contributed by atoms with Crippen LogP contribution in [0.4, 0.5) is 11.4 Å². The lowest BCUT2D eigenvalue weighted by Gasteiger charge is -2.31. The molecule has 6 heteroatoms. The Labute approximate surface area is 247 Å². The third kappa shape index (κ3) is 5.66. The molecule has 1 aliphatic heterocycles. The molecular weight excluding hydrogens is 524 g/mol. The maximum Gasteiger partial charge on any atom is 0.350 e. The molecular formula is C36H36N2O4. The zero-order chi connectivity index (χ0) is 29.6. The van der Waals surface area contributed by atoms with Crippen molar-refractivity contribution in [1.29, 1.82) is 0 Å². The molecule has 6 nitrogen and oxygen atoms in total. The summed E-state index contributed by atoms with van der Waals surface area (Å²) < 4.78 is 11.5. The number of nitrogens with zero attached hydrogens (tertiary/aromatic N) is 2. The van der Waals surface area contributed by atoms with E-state index in [1.807, 2.05) is 133 Å². The van der Waals surface area contributed by atoms with Gasteiger partial charge < -0.3 is 19.3 Å². The molecule has 0 aliphatic carbocycles. The monoisotopic (exact) mass is 560 g/mol. The van der Waals surface area contributed by atoms with Crippen LogP contribution in [-0.2, 0) is 19.1 Å². The van der Waals surface area contributed by atoms with Gasteiger partial charge in [0.2, 0.25) is 6.17 Å². The smallest absolute Gasteiger partial charge is 0.350 e. The highest BCUT2D eigenvalue weighted by atomic mass is 16.5. The first-order valence-corrected chi connectivity index (χ1v) is 14.3. The molecule has 1 aliphatic rings. The lowest BCUT2D eigenvalue weighted by molar-refractivity contribution is -0.145. The fourth-order valence-corrected chi connectivity index (χ4v) is 5.47. The van der Waals surface area contributed by atoms with Crippen molar-refractivity contribution in [3.8, 4) is 0 Å². The molecule has 1 heterocycles. The Balaban J connectivity index is 1.93. The van der Waals surface area contributed by atoms with Crippen LogP contribution in [0.15, 0.2) is 115 Å². The highest BCUT2D eigenvalue weighted by Crippen LogP contribution is 2.44. The van der Waals surface area contributed by atoms with Crippen molar-refractivity contribution in [1.82, 2.24) is 0 Å². The molecule has 4 aromatic carbocycles. The first-order chi connectivity index (χ1) is 20.4. The van der Waals surface area contributed by atoms with Crippen molar-refractivity contribution in [2.45, 2.75) is 39.9 Å². The van der Waals surface area contributed by atoms with Gasteiger partial charge in [-0.2, -0.15) is 0 Å². The van der Waals surface area contributed by atoms with Crippen LogP contribution in [0.2, 0.25) is 0 Å².